The summed E-state index contributed by atoms with van der Waals surface area (Å²) in [5.41, 5.74) is 1.94. The fourth-order valence-electron chi connectivity index (χ4n) is 1.67. The third-order valence-corrected chi connectivity index (χ3v) is 3.10. The number of hydrogen-bond acceptors (Lipinski definition) is 3. The standard InChI is InChI=1S/C14H20O3S/c1-4-5-6-7-13-8-10-14(11-9-13)12(2)17-18(3,15)16/h8-11H,2,4-7H2,1,3H3. The van der Waals surface area contributed by atoms with E-state index in [0.717, 1.165) is 12.7 Å². The van der Waals surface area contributed by atoms with Crippen molar-refractivity contribution in [1.29, 1.82) is 0 Å². The van der Waals surface area contributed by atoms with Gasteiger partial charge in [-0.05, 0) is 18.4 Å². The van der Waals surface area contributed by atoms with Crippen molar-refractivity contribution in [3.8, 4) is 0 Å². The highest BCUT2D eigenvalue weighted by Crippen LogP contribution is 2.17. The summed E-state index contributed by atoms with van der Waals surface area (Å²) in [6.45, 7) is 5.79. The predicted octanol–water partition coefficient (Wildman–Crippen LogP) is 3.37. The van der Waals surface area contributed by atoms with Crippen LogP contribution in [0.3, 0.4) is 0 Å². The fraction of sp³-hybridized carbons (Fsp3) is 0.429. The molecule has 4 heteroatoms. The highest BCUT2D eigenvalue weighted by atomic mass is 32.2. The first kappa shape index (κ1) is 14.8. The second kappa shape index (κ2) is 6.59. The van der Waals surface area contributed by atoms with Crippen LogP contribution in [0.1, 0.15) is 37.3 Å². The lowest BCUT2D eigenvalue weighted by atomic mass is 10.1. The van der Waals surface area contributed by atoms with Crippen LogP contribution in [-0.4, -0.2) is 14.7 Å². The Morgan fingerprint density at radius 3 is 2.33 bits per heavy atom. The van der Waals surface area contributed by atoms with Crippen LogP contribution in [0.25, 0.3) is 5.76 Å². The molecule has 0 aliphatic carbocycles. The molecule has 0 aliphatic rings. The van der Waals surface area contributed by atoms with Crippen LogP contribution in [0.15, 0.2) is 30.8 Å². The molecule has 0 heterocycles. The first-order valence-electron chi connectivity index (χ1n) is 6.10. The van der Waals surface area contributed by atoms with Gasteiger partial charge >= 0.3 is 10.1 Å². The van der Waals surface area contributed by atoms with Gasteiger partial charge in [0, 0.05) is 5.56 Å². The summed E-state index contributed by atoms with van der Waals surface area (Å²) >= 11 is 0. The summed E-state index contributed by atoms with van der Waals surface area (Å²) < 4.78 is 26.7. The zero-order valence-corrected chi connectivity index (χ0v) is 11.8. The minimum atomic E-state index is -3.50. The van der Waals surface area contributed by atoms with Crippen molar-refractivity contribution in [3.05, 3.63) is 42.0 Å². The Morgan fingerprint density at radius 2 is 1.83 bits per heavy atom. The van der Waals surface area contributed by atoms with Gasteiger partial charge in [0.2, 0.25) is 0 Å². The second-order valence-corrected chi connectivity index (χ2v) is 5.94. The molecule has 18 heavy (non-hydrogen) atoms. The molecule has 0 saturated heterocycles. The molecule has 0 spiro atoms. The fourth-order valence-corrected chi connectivity index (χ4v) is 2.13. The van der Waals surface area contributed by atoms with Gasteiger partial charge in [-0.15, -0.1) is 0 Å². The first-order chi connectivity index (χ1) is 8.42. The van der Waals surface area contributed by atoms with Crippen LogP contribution < -0.4 is 0 Å². The van der Waals surface area contributed by atoms with Crippen molar-refractivity contribution in [2.24, 2.45) is 0 Å². The molecule has 1 aromatic carbocycles. The van der Waals surface area contributed by atoms with Crippen LogP contribution in [0.4, 0.5) is 0 Å². The lowest BCUT2D eigenvalue weighted by Gasteiger charge is -2.07. The normalized spacial score (nSPS) is 11.2. The molecule has 0 radical (unpaired) electrons. The summed E-state index contributed by atoms with van der Waals surface area (Å²) in [5, 5.41) is 0. The Balaban J connectivity index is 2.62. The Hall–Kier alpha value is -1.29. The van der Waals surface area contributed by atoms with E-state index in [1.54, 1.807) is 0 Å². The Bertz CT molecular complexity index is 486. The zero-order valence-electron chi connectivity index (χ0n) is 11.0. The first-order valence-corrected chi connectivity index (χ1v) is 7.91. The molecular formula is C14H20O3S. The number of hydrogen-bond donors (Lipinski definition) is 0. The minimum absolute atomic E-state index is 0.164. The Kier molecular flexibility index (Phi) is 5.41. The van der Waals surface area contributed by atoms with E-state index >= 15 is 0 Å². The predicted molar refractivity (Wildman–Crippen MR) is 74.6 cm³/mol. The molecule has 0 saturated carbocycles. The van der Waals surface area contributed by atoms with E-state index in [0.29, 0.717) is 5.56 Å². The van der Waals surface area contributed by atoms with Gasteiger partial charge in [0.1, 0.15) is 5.76 Å². The smallest absolute Gasteiger partial charge is 0.306 e. The molecule has 100 valence electrons. The van der Waals surface area contributed by atoms with Gasteiger partial charge in [0.05, 0.1) is 6.26 Å². The molecule has 3 nitrogen and oxygen atoms in total. The summed E-state index contributed by atoms with van der Waals surface area (Å²) in [5.74, 6) is 0.164. The molecule has 1 aromatic rings. The van der Waals surface area contributed by atoms with Crippen molar-refractivity contribution in [3.63, 3.8) is 0 Å². The van der Waals surface area contributed by atoms with Crippen LogP contribution >= 0.6 is 0 Å². The number of rotatable bonds is 7. The molecule has 0 aromatic heterocycles. The van der Waals surface area contributed by atoms with Gasteiger partial charge < -0.3 is 4.18 Å². The van der Waals surface area contributed by atoms with Crippen LogP contribution in [0, 0.1) is 0 Å². The minimum Gasteiger partial charge on any atom is -0.383 e. The van der Waals surface area contributed by atoms with Gasteiger partial charge in [-0.25, -0.2) is 0 Å². The zero-order chi connectivity index (χ0) is 13.6. The molecule has 0 unspecified atom stereocenters. The van der Waals surface area contributed by atoms with E-state index in [1.165, 1.54) is 24.8 Å². The molecule has 0 N–H and O–H groups in total. The third kappa shape index (κ3) is 5.36. The van der Waals surface area contributed by atoms with Gasteiger partial charge in [-0.2, -0.15) is 8.42 Å². The van der Waals surface area contributed by atoms with E-state index < -0.39 is 10.1 Å². The topological polar surface area (TPSA) is 43.4 Å². The van der Waals surface area contributed by atoms with Gasteiger partial charge in [-0.1, -0.05) is 50.6 Å². The average molecular weight is 268 g/mol. The van der Waals surface area contributed by atoms with E-state index in [4.69, 9.17) is 4.18 Å². The Labute approximate surface area is 110 Å². The summed E-state index contributed by atoms with van der Waals surface area (Å²) in [4.78, 5) is 0. The van der Waals surface area contributed by atoms with E-state index in [1.807, 2.05) is 24.3 Å². The summed E-state index contributed by atoms with van der Waals surface area (Å²) in [6.07, 6.45) is 5.67. The second-order valence-electron chi connectivity index (χ2n) is 4.36. The Morgan fingerprint density at radius 1 is 1.22 bits per heavy atom. The highest BCUT2D eigenvalue weighted by molar-refractivity contribution is 7.86. The van der Waals surface area contributed by atoms with E-state index in [2.05, 4.69) is 13.5 Å². The highest BCUT2D eigenvalue weighted by Gasteiger charge is 2.07. The monoisotopic (exact) mass is 268 g/mol. The van der Waals surface area contributed by atoms with Crippen LogP contribution in [0.5, 0.6) is 0 Å². The summed E-state index contributed by atoms with van der Waals surface area (Å²) in [6, 6.07) is 7.66. The maximum Gasteiger partial charge on any atom is 0.306 e. The molecule has 1 rings (SSSR count). The van der Waals surface area contributed by atoms with Gasteiger partial charge in [-0.3, -0.25) is 0 Å². The molecule has 0 amide bonds. The molecule has 0 aliphatic heterocycles. The molecule has 0 bridgehead atoms. The van der Waals surface area contributed by atoms with Crippen molar-refractivity contribution in [2.75, 3.05) is 6.26 Å². The van der Waals surface area contributed by atoms with Crippen molar-refractivity contribution >= 4 is 15.9 Å². The summed E-state index contributed by atoms with van der Waals surface area (Å²) in [7, 11) is -3.50. The largest absolute Gasteiger partial charge is 0.383 e. The number of unbranched alkanes of at least 4 members (excludes halogenated alkanes) is 2. The molecule has 0 fully saturated rings. The third-order valence-electron chi connectivity index (χ3n) is 2.60. The maximum absolute atomic E-state index is 11.0. The number of aryl methyl sites for hydroxylation is 1. The van der Waals surface area contributed by atoms with Crippen LogP contribution in [-0.2, 0) is 20.7 Å². The van der Waals surface area contributed by atoms with E-state index in [9.17, 15) is 8.42 Å². The van der Waals surface area contributed by atoms with Gasteiger partial charge in [0.25, 0.3) is 0 Å². The molecular weight excluding hydrogens is 248 g/mol. The lowest BCUT2D eigenvalue weighted by Crippen LogP contribution is -2.01. The van der Waals surface area contributed by atoms with Crippen molar-refractivity contribution < 1.29 is 12.6 Å². The van der Waals surface area contributed by atoms with Crippen molar-refractivity contribution in [1.82, 2.24) is 0 Å². The van der Waals surface area contributed by atoms with Crippen molar-refractivity contribution in [2.45, 2.75) is 32.6 Å². The van der Waals surface area contributed by atoms with E-state index in [-0.39, 0.29) is 5.76 Å². The van der Waals surface area contributed by atoms with Gasteiger partial charge in [0.15, 0.2) is 0 Å². The maximum atomic E-state index is 11.0. The number of benzene rings is 1. The molecule has 0 atom stereocenters. The van der Waals surface area contributed by atoms with Crippen LogP contribution in [0.2, 0.25) is 0 Å². The SMILES string of the molecule is C=C(OS(C)(=O)=O)c1ccc(CCCCC)cc1. The quantitative estimate of drug-likeness (QED) is 0.432. The average Bonchev–Trinajstić information content (AvgIpc) is 2.28. The lowest BCUT2D eigenvalue weighted by molar-refractivity contribution is 0.471.